The Morgan fingerprint density at radius 2 is 2.00 bits per heavy atom. The molecule has 102 valence electrons. The van der Waals surface area contributed by atoms with Crippen LogP contribution in [0.4, 0.5) is 0 Å². The lowest BCUT2D eigenvalue weighted by Crippen LogP contribution is -2.42. The Labute approximate surface area is 114 Å². The number of para-hydroxylation sites is 1. The third-order valence-corrected chi connectivity index (χ3v) is 3.15. The molecule has 4 heteroatoms. The van der Waals surface area contributed by atoms with E-state index < -0.39 is 6.10 Å². The van der Waals surface area contributed by atoms with Gasteiger partial charge in [-0.1, -0.05) is 12.1 Å². The lowest BCUT2D eigenvalue weighted by Gasteiger charge is -2.23. The fourth-order valence-electron chi connectivity index (χ4n) is 1.41. The Morgan fingerprint density at radius 3 is 2.61 bits per heavy atom. The molecule has 1 aromatic rings. The molecular formula is C14H23NO2S. The summed E-state index contributed by atoms with van der Waals surface area (Å²) in [4.78, 5) is 1.09. The fourth-order valence-corrected chi connectivity index (χ4v) is 1.95. The van der Waals surface area contributed by atoms with Crippen molar-refractivity contribution in [3.8, 4) is 5.75 Å². The van der Waals surface area contributed by atoms with E-state index in [-0.39, 0.29) is 5.54 Å². The van der Waals surface area contributed by atoms with Crippen LogP contribution < -0.4 is 10.1 Å². The lowest BCUT2D eigenvalue weighted by molar-refractivity contribution is 0.0987. The van der Waals surface area contributed by atoms with Crippen LogP contribution in [0.25, 0.3) is 0 Å². The Kier molecular flexibility index (Phi) is 5.99. The van der Waals surface area contributed by atoms with Crippen molar-refractivity contribution in [1.82, 2.24) is 5.32 Å². The Bertz CT molecular complexity index is 363. The molecule has 0 fully saturated rings. The number of aliphatic hydroxyl groups excluding tert-OH is 1. The van der Waals surface area contributed by atoms with Crippen LogP contribution in [0.2, 0.25) is 0 Å². The Hall–Kier alpha value is -0.710. The predicted molar refractivity (Wildman–Crippen MR) is 77.5 cm³/mol. The van der Waals surface area contributed by atoms with Gasteiger partial charge in [-0.3, -0.25) is 0 Å². The summed E-state index contributed by atoms with van der Waals surface area (Å²) in [5, 5.41) is 13.1. The van der Waals surface area contributed by atoms with E-state index >= 15 is 0 Å². The average Bonchev–Trinajstić information content (AvgIpc) is 2.33. The molecule has 0 saturated heterocycles. The summed E-state index contributed by atoms with van der Waals surface area (Å²) < 4.78 is 5.64. The molecule has 0 aromatic heterocycles. The third kappa shape index (κ3) is 5.76. The summed E-state index contributed by atoms with van der Waals surface area (Å²) in [7, 11) is 0. The maximum Gasteiger partial charge on any atom is 0.132 e. The van der Waals surface area contributed by atoms with E-state index in [9.17, 15) is 5.11 Å². The highest BCUT2D eigenvalue weighted by atomic mass is 32.2. The number of ether oxygens (including phenoxy) is 1. The second kappa shape index (κ2) is 7.02. The van der Waals surface area contributed by atoms with Crippen LogP contribution >= 0.6 is 11.8 Å². The van der Waals surface area contributed by atoms with Crippen molar-refractivity contribution < 1.29 is 9.84 Å². The Morgan fingerprint density at radius 1 is 1.33 bits per heavy atom. The Balaban J connectivity index is 2.40. The van der Waals surface area contributed by atoms with Crippen LogP contribution in [-0.4, -0.2) is 36.2 Å². The standard InChI is InChI=1S/C14H23NO2S/c1-14(2,3)15-9-11(16)10-17-12-7-5-6-8-13(12)18-4/h5-8,11,15-16H,9-10H2,1-4H3. The van der Waals surface area contributed by atoms with Crippen LogP contribution in [0.5, 0.6) is 5.75 Å². The molecule has 2 N–H and O–H groups in total. The number of thioether (sulfide) groups is 1. The minimum absolute atomic E-state index is 0.0121. The van der Waals surface area contributed by atoms with Gasteiger partial charge in [0.25, 0.3) is 0 Å². The molecule has 1 unspecified atom stereocenters. The zero-order valence-electron chi connectivity index (χ0n) is 11.6. The first-order valence-electron chi connectivity index (χ1n) is 6.11. The summed E-state index contributed by atoms with van der Waals surface area (Å²) in [5.41, 5.74) is 0.0121. The van der Waals surface area contributed by atoms with E-state index in [1.807, 2.05) is 30.5 Å². The molecule has 0 aliphatic rings. The number of β-amino-alcohol motifs (C(OH)–C–C–N with tert-alkyl or cyclic N) is 1. The minimum Gasteiger partial charge on any atom is -0.490 e. The van der Waals surface area contributed by atoms with Gasteiger partial charge in [-0.05, 0) is 39.2 Å². The van der Waals surface area contributed by atoms with Crippen LogP contribution in [0.15, 0.2) is 29.2 Å². The first-order chi connectivity index (χ1) is 8.42. The van der Waals surface area contributed by atoms with Crippen LogP contribution in [-0.2, 0) is 0 Å². The van der Waals surface area contributed by atoms with Crippen molar-refractivity contribution in [2.24, 2.45) is 0 Å². The second-order valence-electron chi connectivity index (χ2n) is 5.25. The predicted octanol–water partition coefficient (Wildman–Crippen LogP) is 2.54. The van der Waals surface area contributed by atoms with Crippen LogP contribution in [0.1, 0.15) is 20.8 Å². The van der Waals surface area contributed by atoms with Crippen LogP contribution in [0.3, 0.4) is 0 Å². The van der Waals surface area contributed by atoms with E-state index in [2.05, 4.69) is 26.1 Å². The van der Waals surface area contributed by atoms with Gasteiger partial charge in [-0.2, -0.15) is 0 Å². The van der Waals surface area contributed by atoms with Gasteiger partial charge in [0.2, 0.25) is 0 Å². The molecular weight excluding hydrogens is 246 g/mol. The molecule has 1 aromatic carbocycles. The lowest BCUT2D eigenvalue weighted by atomic mass is 10.1. The number of hydrogen-bond donors (Lipinski definition) is 2. The monoisotopic (exact) mass is 269 g/mol. The SMILES string of the molecule is CSc1ccccc1OCC(O)CNC(C)(C)C. The van der Waals surface area contributed by atoms with Gasteiger partial charge < -0.3 is 15.2 Å². The van der Waals surface area contributed by atoms with Crippen molar-refractivity contribution in [3.63, 3.8) is 0 Å². The maximum atomic E-state index is 9.84. The molecule has 0 aliphatic carbocycles. The molecule has 0 heterocycles. The summed E-state index contributed by atoms with van der Waals surface area (Å²) in [6, 6.07) is 7.86. The maximum absolute atomic E-state index is 9.84. The molecule has 0 bridgehead atoms. The highest BCUT2D eigenvalue weighted by molar-refractivity contribution is 7.98. The average molecular weight is 269 g/mol. The van der Waals surface area contributed by atoms with Crippen LogP contribution in [0, 0.1) is 0 Å². The van der Waals surface area contributed by atoms with E-state index in [4.69, 9.17) is 4.74 Å². The number of benzene rings is 1. The molecule has 0 radical (unpaired) electrons. The molecule has 0 saturated carbocycles. The van der Waals surface area contributed by atoms with Crippen molar-refractivity contribution in [3.05, 3.63) is 24.3 Å². The largest absolute Gasteiger partial charge is 0.490 e. The van der Waals surface area contributed by atoms with Crippen molar-refractivity contribution in [1.29, 1.82) is 0 Å². The smallest absolute Gasteiger partial charge is 0.132 e. The number of nitrogens with one attached hydrogen (secondary N) is 1. The number of hydrogen-bond acceptors (Lipinski definition) is 4. The second-order valence-corrected chi connectivity index (χ2v) is 6.09. The molecule has 1 atom stereocenters. The summed E-state index contributed by atoms with van der Waals surface area (Å²) in [5.74, 6) is 0.833. The topological polar surface area (TPSA) is 41.5 Å². The first-order valence-corrected chi connectivity index (χ1v) is 7.34. The number of rotatable bonds is 6. The van der Waals surface area contributed by atoms with Gasteiger partial charge in [0.15, 0.2) is 0 Å². The minimum atomic E-state index is -0.501. The van der Waals surface area contributed by atoms with Gasteiger partial charge in [0, 0.05) is 17.0 Å². The first kappa shape index (κ1) is 15.3. The van der Waals surface area contributed by atoms with Crippen molar-refractivity contribution >= 4 is 11.8 Å². The molecule has 0 spiro atoms. The molecule has 0 aliphatic heterocycles. The molecule has 0 amide bonds. The van der Waals surface area contributed by atoms with Gasteiger partial charge >= 0.3 is 0 Å². The van der Waals surface area contributed by atoms with E-state index in [1.54, 1.807) is 11.8 Å². The molecule has 1 rings (SSSR count). The summed E-state index contributed by atoms with van der Waals surface area (Å²) in [6.07, 6.45) is 1.51. The zero-order valence-corrected chi connectivity index (χ0v) is 12.4. The fraction of sp³-hybridized carbons (Fsp3) is 0.571. The highest BCUT2D eigenvalue weighted by Crippen LogP contribution is 2.26. The van der Waals surface area contributed by atoms with E-state index in [0.717, 1.165) is 10.6 Å². The zero-order chi connectivity index (χ0) is 13.6. The highest BCUT2D eigenvalue weighted by Gasteiger charge is 2.13. The van der Waals surface area contributed by atoms with Crippen molar-refractivity contribution in [2.45, 2.75) is 37.3 Å². The van der Waals surface area contributed by atoms with Gasteiger partial charge in [-0.15, -0.1) is 11.8 Å². The third-order valence-electron chi connectivity index (χ3n) is 2.37. The number of aliphatic hydroxyl groups is 1. The van der Waals surface area contributed by atoms with Gasteiger partial charge in [0.05, 0.1) is 0 Å². The van der Waals surface area contributed by atoms with E-state index in [0.29, 0.717) is 13.2 Å². The molecule has 3 nitrogen and oxygen atoms in total. The van der Waals surface area contributed by atoms with Gasteiger partial charge in [0.1, 0.15) is 18.5 Å². The quantitative estimate of drug-likeness (QED) is 0.779. The summed E-state index contributed by atoms with van der Waals surface area (Å²) >= 11 is 1.64. The van der Waals surface area contributed by atoms with E-state index in [1.165, 1.54) is 0 Å². The molecule has 18 heavy (non-hydrogen) atoms. The van der Waals surface area contributed by atoms with Crippen molar-refractivity contribution in [2.75, 3.05) is 19.4 Å². The van der Waals surface area contributed by atoms with Gasteiger partial charge in [-0.25, -0.2) is 0 Å². The normalized spacial score (nSPS) is 13.4. The summed E-state index contributed by atoms with van der Waals surface area (Å²) in [6.45, 7) is 7.06.